The molecule has 0 fully saturated rings. The van der Waals surface area contributed by atoms with Crippen molar-refractivity contribution >= 4 is 22.8 Å². The summed E-state index contributed by atoms with van der Waals surface area (Å²) >= 11 is 0. The summed E-state index contributed by atoms with van der Waals surface area (Å²) in [6.45, 7) is 1.76. The van der Waals surface area contributed by atoms with Gasteiger partial charge in [-0.15, -0.1) is 0 Å². The Balaban J connectivity index is 4.28. The van der Waals surface area contributed by atoms with Crippen molar-refractivity contribution in [2.75, 3.05) is 66.4 Å². The van der Waals surface area contributed by atoms with Crippen molar-refractivity contribution in [1.29, 1.82) is 0 Å². The summed E-state index contributed by atoms with van der Waals surface area (Å²) in [6, 6.07) is 0. The van der Waals surface area contributed by atoms with E-state index in [1.807, 2.05) is 0 Å². The van der Waals surface area contributed by atoms with E-state index in [1.54, 1.807) is 4.90 Å². The van der Waals surface area contributed by atoms with Gasteiger partial charge >= 0.3 is 22.8 Å². The molecule has 0 rings (SSSR count). The monoisotopic (exact) mass is 455 g/mol. The first-order valence-electron chi connectivity index (χ1n) is 8.23. The Labute approximate surface area is 160 Å². The minimum Gasteiger partial charge on any atom is -0.323 e. The first-order valence-corrected chi connectivity index (χ1v) is 13.5. The maximum atomic E-state index is 11.8. The third-order valence-electron chi connectivity index (χ3n) is 3.51. The van der Waals surface area contributed by atoms with Crippen molar-refractivity contribution in [2.45, 2.75) is 12.8 Å². The predicted molar refractivity (Wildman–Crippen MR) is 102 cm³/mol. The summed E-state index contributed by atoms with van der Waals surface area (Å²) in [5, 5.41) is 5.59. The number of hydrogen-bond donors (Lipinski definition) is 5. The molecule has 0 spiro atoms. The molecule has 0 aromatic rings. The summed E-state index contributed by atoms with van der Waals surface area (Å²) in [4.78, 5) is 30.0. The van der Waals surface area contributed by atoms with E-state index in [2.05, 4.69) is 24.2 Å². The first kappa shape index (κ1) is 27.3. The van der Waals surface area contributed by atoms with E-state index in [4.69, 9.17) is 0 Å². The van der Waals surface area contributed by atoms with Gasteiger partial charge in [-0.3, -0.25) is 18.6 Å². The molecule has 0 heterocycles. The van der Waals surface area contributed by atoms with Crippen LogP contribution in [0.15, 0.2) is 0 Å². The Morgan fingerprint density at radius 2 is 1.11 bits per heavy atom. The topological polar surface area (TPSA) is 167 Å². The molecule has 0 saturated carbocycles. The van der Waals surface area contributed by atoms with Gasteiger partial charge in [-0.05, 0) is 39.0 Å². The van der Waals surface area contributed by atoms with Crippen molar-refractivity contribution in [2.24, 2.45) is 0 Å². The van der Waals surface area contributed by atoms with Crippen molar-refractivity contribution < 1.29 is 41.9 Å². The molecule has 0 saturated heterocycles. The number of hydrogen-bond acceptors (Lipinski definition) is 9. The highest BCUT2D eigenvalue weighted by atomic mass is 31.2. The molecule has 0 aromatic carbocycles. The molecule has 3 unspecified atom stereocenters. The largest absolute Gasteiger partial charge is 0.341 e. The maximum Gasteiger partial charge on any atom is 0.341 e. The van der Waals surface area contributed by atoms with Crippen LogP contribution in [0.3, 0.4) is 0 Å². The Hall–Kier alpha value is 0.330. The fourth-order valence-electron chi connectivity index (χ4n) is 1.99. The average molecular weight is 455 g/mol. The zero-order valence-electron chi connectivity index (χ0n) is 15.9. The Kier molecular flexibility index (Phi) is 13.7. The molecule has 0 aliphatic rings. The van der Waals surface area contributed by atoms with E-state index < -0.39 is 22.8 Å². The molecule has 0 aliphatic carbocycles. The molecular formula is C12H32N3O9P3. The second-order valence-electron chi connectivity index (χ2n) is 5.74. The number of nitrogens with one attached hydrogen (secondary N) is 2. The molecule has 0 bridgehead atoms. The lowest BCUT2D eigenvalue weighted by Crippen LogP contribution is -2.31. The fourth-order valence-corrected chi connectivity index (χ4v) is 4.03. The summed E-state index contributed by atoms with van der Waals surface area (Å²) in [5.41, 5.74) is 0. The highest BCUT2D eigenvalue weighted by Crippen LogP contribution is 2.41. The van der Waals surface area contributed by atoms with Crippen LogP contribution >= 0.6 is 22.8 Å². The van der Waals surface area contributed by atoms with Crippen LogP contribution in [-0.4, -0.2) is 85.9 Å². The predicted octanol–water partition coefficient (Wildman–Crippen LogP) is 0.616. The third-order valence-corrected chi connectivity index (χ3v) is 7.23. The van der Waals surface area contributed by atoms with Crippen molar-refractivity contribution in [3.05, 3.63) is 0 Å². The molecule has 5 N–H and O–H groups in total. The van der Waals surface area contributed by atoms with Gasteiger partial charge in [0.2, 0.25) is 0 Å². The molecule has 0 aromatic heterocycles. The smallest absolute Gasteiger partial charge is 0.323 e. The standard InChI is InChI=1S/C12H32N3O9P3/c1-22-25(16,17)10-13-6-4-8-15(12-27(20,21)24-3)9-5-7-14-11-26(18,19)23-2/h13-14H,4-12H2,1-3H3,(H,16,17)(H,18,19)(H,20,21). The molecule has 15 heteroatoms. The van der Waals surface area contributed by atoms with Crippen LogP contribution < -0.4 is 10.6 Å². The minimum absolute atomic E-state index is 0.156. The normalized spacial score (nSPS) is 18.8. The first-order chi connectivity index (χ1) is 12.5. The Bertz CT molecular complexity index is 517. The van der Waals surface area contributed by atoms with Gasteiger partial charge < -0.3 is 38.9 Å². The van der Waals surface area contributed by atoms with Gasteiger partial charge in [-0.2, -0.15) is 0 Å². The Morgan fingerprint density at radius 1 is 0.741 bits per heavy atom. The molecular weight excluding hydrogens is 423 g/mol. The van der Waals surface area contributed by atoms with Crippen LogP contribution in [0, 0.1) is 0 Å². The molecule has 0 aliphatic heterocycles. The van der Waals surface area contributed by atoms with Crippen LogP contribution in [-0.2, 0) is 27.3 Å². The zero-order valence-corrected chi connectivity index (χ0v) is 18.6. The summed E-state index contributed by atoms with van der Waals surface area (Å²) in [6.07, 6.45) is 0.624. The Morgan fingerprint density at radius 3 is 1.44 bits per heavy atom. The fraction of sp³-hybridized carbons (Fsp3) is 1.00. The van der Waals surface area contributed by atoms with Gasteiger partial charge in [0.05, 0.1) is 12.6 Å². The summed E-state index contributed by atoms with van der Waals surface area (Å²) in [7, 11) is -7.47. The molecule has 27 heavy (non-hydrogen) atoms. The van der Waals surface area contributed by atoms with Gasteiger partial charge in [-0.25, -0.2) is 0 Å². The van der Waals surface area contributed by atoms with Gasteiger partial charge in [0.1, 0.15) is 6.29 Å². The maximum absolute atomic E-state index is 11.8. The lowest BCUT2D eigenvalue weighted by atomic mass is 10.3. The van der Waals surface area contributed by atoms with Crippen LogP contribution in [0.2, 0.25) is 0 Å². The van der Waals surface area contributed by atoms with Crippen molar-refractivity contribution in [3.63, 3.8) is 0 Å². The van der Waals surface area contributed by atoms with E-state index in [0.29, 0.717) is 39.0 Å². The van der Waals surface area contributed by atoms with E-state index in [-0.39, 0.29) is 18.9 Å². The van der Waals surface area contributed by atoms with Crippen molar-refractivity contribution in [1.82, 2.24) is 15.5 Å². The second kappa shape index (κ2) is 13.5. The minimum atomic E-state index is -3.73. The lowest BCUT2D eigenvalue weighted by molar-refractivity contribution is 0.251. The van der Waals surface area contributed by atoms with E-state index in [9.17, 15) is 28.4 Å². The van der Waals surface area contributed by atoms with Crippen molar-refractivity contribution in [3.8, 4) is 0 Å². The van der Waals surface area contributed by atoms with E-state index in [1.165, 1.54) is 0 Å². The molecule has 12 nitrogen and oxygen atoms in total. The molecule has 0 radical (unpaired) electrons. The molecule has 164 valence electrons. The highest BCUT2D eigenvalue weighted by molar-refractivity contribution is 7.53. The van der Waals surface area contributed by atoms with Crippen LogP contribution in [0.25, 0.3) is 0 Å². The van der Waals surface area contributed by atoms with Crippen LogP contribution in [0.1, 0.15) is 12.8 Å². The van der Waals surface area contributed by atoms with E-state index >= 15 is 0 Å². The number of rotatable bonds is 17. The molecule has 3 atom stereocenters. The SMILES string of the molecule is COP(=O)(O)CNCCCN(CCCNCP(=O)(O)OC)CP(=O)(O)OC. The quantitative estimate of drug-likeness (QED) is 0.153. The van der Waals surface area contributed by atoms with Gasteiger partial charge in [-0.1, -0.05) is 0 Å². The zero-order chi connectivity index (χ0) is 21.0. The summed E-state index contributed by atoms with van der Waals surface area (Å²) < 4.78 is 48.0. The number of nitrogens with zero attached hydrogens (tertiary/aromatic N) is 1. The second-order valence-corrected chi connectivity index (χ2v) is 11.6. The summed E-state index contributed by atoms with van der Waals surface area (Å²) in [5.74, 6) is 0. The van der Waals surface area contributed by atoms with Gasteiger partial charge in [0.15, 0.2) is 0 Å². The van der Waals surface area contributed by atoms with Crippen LogP contribution in [0.4, 0.5) is 0 Å². The average Bonchev–Trinajstić information content (AvgIpc) is 2.60. The molecule has 0 amide bonds. The lowest BCUT2D eigenvalue weighted by Gasteiger charge is -2.24. The van der Waals surface area contributed by atoms with E-state index in [0.717, 1.165) is 21.3 Å². The van der Waals surface area contributed by atoms with Gasteiger partial charge in [0.25, 0.3) is 0 Å². The van der Waals surface area contributed by atoms with Crippen LogP contribution in [0.5, 0.6) is 0 Å². The van der Waals surface area contributed by atoms with Gasteiger partial charge in [0, 0.05) is 21.3 Å². The third kappa shape index (κ3) is 14.9. The highest BCUT2D eigenvalue weighted by Gasteiger charge is 2.22.